The Morgan fingerprint density at radius 1 is 0.397 bits per heavy atom. The highest BCUT2D eigenvalue weighted by Crippen LogP contribution is 2.47. The zero-order valence-corrected chi connectivity index (χ0v) is 41.1. The summed E-state index contributed by atoms with van der Waals surface area (Å²) in [6.45, 7) is -14.6. The third-order valence-electron chi connectivity index (χ3n) is 9.95. The van der Waals surface area contributed by atoms with Gasteiger partial charge in [0, 0.05) is 0 Å². The van der Waals surface area contributed by atoms with Crippen LogP contribution < -0.4 is 18.9 Å². The molecule has 3 aromatic carbocycles. The molecule has 0 spiro atoms. The van der Waals surface area contributed by atoms with E-state index in [9.17, 15) is 97.0 Å². The van der Waals surface area contributed by atoms with Gasteiger partial charge in [-0.05, 0) is 76.9 Å². The maximum Gasteiger partial charge on any atom is 0.451 e. The number of alkyl halides is 21. The fraction of sp³-hybridized carbons (Fsp3) is 0.587. The summed E-state index contributed by atoms with van der Waals surface area (Å²) in [7, 11) is 0. The van der Waals surface area contributed by atoms with Gasteiger partial charge in [-0.15, -0.1) is 0 Å². The van der Waals surface area contributed by atoms with Gasteiger partial charge in [-0.3, -0.25) is 14.2 Å². The topological polar surface area (TPSA) is 109 Å². The lowest BCUT2D eigenvalue weighted by atomic mass is 10.1. The second-order valence-electron chi connectivity index (χ2n) is 17.7. The van der Waals surface area contributed by atoms with Crippen LogP contribution in [-0.2, 0) is 28.4 Å². The Morgan fingerprint density at radius 3 is 1.01 bits per heavy atom. The first-order chi connectivity index (χ1) is 35.2. The summed E-state index contributed by atoms with van der Waals surface area (Å²) in [5.74, 6) is -20.7. The minimum absolute atomic E-state index is 0.0361. The average molecular weight is 1170 g/mol. The maximum atomic E-state index is 15.0. The maximum absolute atomic E-state index is 15.0. The monoisotopic (exact) mass is 1170 g/mol. The highest BCUT2D eigenvalue weighted by Gasteiger charge is 2.68. The van der Waals surface area contributed by atoms with Gasteiger partial charge in [-0.1, -0.05) is 42.5 Å². The van der Waals surface area contributed by atoms with Crippen LogP contribution in [0.25, 0.3) is 11.1 Å². The molecule has 0 radical (unpaired) electrons. The predicted octanol–water partition coefficient (Wildman–Crippen LogP) is 13.5. The molecule has 3 rings (SSSR count). The summed E-state index contributed by atoms with van der Waals surface area (Å²) < 4.78 is 339. The van der Waals surface area contributed by atoms with Gasteiger partial charge in [0.05, 0.1) is 25.4 Å². The quantitative estimate of drug-likeness (QED) is 0.0275. The zero-order chi connectivity index (χ0) is 59.8. The van der Waals surface area contributed by atoms with Gasteiger partial charge in [0.1, 0.15) is 45.4 Å². The van der Waals surface area contributed by atoms with Crippen LogP contribution in [-0.4, -0.2) is 137 Å². The minimum Gasteiger partial charge on any atom is -0.487 e. The molecular formula is C46H47F21O11. The van der Waals surface area contributed by atoms with Crippen LogP contribution in [0.5, 0.6) is 23.0 Å². The van der Waals surface area contributed by atoms with E-state index in [1.54, 1.807) is 30.3 Å². The molecule has 444 valence electrons. The molecule has 0 N–H and O–H groups in total. The molecule has 32 heteroatoms. The molecule has 3 aromatic rings. The summed E-state index contributed by atoms with van der Waals surface area (Å²) >= 11 is 0. The van der Waals surface area contributed by atoms with Gasteiger partial charge < -0.3 is 33.2 Å². The highest BCUT2D eigenvalue weighted by atomic mass is 19.4. The van der Waals surface area contributed by atoms with E-state index in [1.807, 2.05) is 0 Å². The van der Waals surface area contributed by atoms with Crippen LogP contribution in [0.15, 0.2) is 66.7 Å². The molecule has 3 unspecified atom stereocenters. The van der Waals surface area contributed by atoms with E-state index in [-0.39, 0.29) is 47.3 Å². The summed E-state index contributed by atoms with van der Waals surface area (Å²) in [6, 6.07) is 15.3. The van der Waals surface area contributed by atoms with Gasteiger partial charge in [0.25, 0.3) is 0 Å². The smallest absolute Gasteiger partial charge is 0.451 e. The third-order valence-corrected chi connectivity index (χ3v) is 9.95. The molecule has 0 aromatic heterocycles. The van der Waals surface area contributed by atoms with Crippen LogP contribution >= 0.6 is 0 Å². The number of esters is 1. The van der Waals surface area contributed by atoms with E-state index in [1.165, 1.54) is 24.3 Å². The van der Waals surface area contributed by atoms with Crippen molar-refractivity contribution in [1.29, 1.82) is 0 Å². The molecular weight excluding hydrogens is 1130 g/mol. The Bertz CT molecular complexity index is 2300. The molecule has 0 saturated carbocycles. The van der Waals surface area contributed by atoms with E-state index in [2.05, 4.69) is 28.4 Å². The first-order valence-electron chi connectivity index (χ1n) is 22.0. The van der Waals surface area contributed by atoms with Crippen molar-refractivity contribution in [1.82, 2.24) is 0 Å². The van der Waals surface area contributed by atoms with Crippen LogP contribution in [0.3, 0.4) is 0 Å². The zero-order valence-electron chi connectivity index (χ0n) is 41.1. The number of carbonyl (C=O) groups is 1. The Labute approximate surface area is 429 Å². The van der Waals surface area contributed by atoms with E-state index in [0.717, 1.165) is 0 Å². The number of rotatable bonds is 30. The van der Waals surface area contributed by atoms with Crippen molar-refractivity contribution in [3.05, 3.63) is 72.3 Å². The molecule has 0 amide bonds. The second-order valence-corrected chi connectivity index (χ2v) is 17.7. The van der Waals surface area contributed by atoms with Gasteiger partial charge in [0.15, 0.2) is 28.5 Å². The fourth-order valence-corrected chi connectivity index (χ4v) is 5.28. The lowest BCUT2D eigenvalue weighted by molar-refractivity contribution is -0.439. The SMILES string of the molecule is CC(C)(F)C(F)(F)OC(F)(COCCOc1cc(C(=O)Oc2ccc(-c3ccccc3)cc2)cc(OCCOCC(F)(OC(F)(F)C(C)(C)F)C(F)(F)F)c1OCCOCC(F)(OC(F)(F)C(C)(C)F)C(F)(F)F)C(F)(F)F. The van der Waals surface area contributed by atoms with E-state index in [4.69, 9.17) is 18.9 Å². The molecule has 11 nitrogen and oxygen atoms in total. The van der Waals surface area contributed by atoms with E-state index < -0.39 is 160 Å². The van der Waals surface area contributed by atoms with Crippen LogP contribution in [0.4, 0.5) is 92.2 Å². The molecule has 0 fully saturated rings. The molecule has 78 heavy (non-hydrogen) atoms. The van der Waals surface area contributed by atoms with E-state index >= 15 is 0 Å². The van der Waals surface area contributed by atoms with Crippen LogP contribution in [0.1, 0.15) is 51.9 Å². The van der Waals surface area contributed by atoms with Crippen molar-refractivity contribution in [2.75, 3.05) is 59.5 Å². The number of benzene rings is 3. The molecule has 0 aliphatic rings. The van der Waals surface area contributed by atoms with Crippen molar-refractivity contribution in [2.24, 2.45) is 0 Å². The molecule has 0 saturated heterocycles. The lowest BCUT2D eigenvalue weighted by Crippen LogP contribution is -2.56. The van der Waals surface area contributed by atoms with Gasteiger partial charge in [-0.25, -0.2) is 18.0 Å². The predicted molar refractivity (Wildman–Crippen MR) is 226 cm³/mol. The molecule has 0 heterocycles. The van der Waals surface area contributed by atoms with E-state index in [0.29, 0.717) is 23.3 Å². The summed E-state index contributed by atoms with van der Waals surface area (Å²) in [5, 5.41) is 0. The Balaban J connectivity index is 2.05. The van der Waals surface area contributed by atoms with Gasteiger partial charge in [-0.2, -0.15) is 79.0 Å². The standard InChI is InChI=1S/C46H47F21O11/c1-35(2,47)44(62,63)76-38(50,41(53,54)55)24-69-16-19-72-31-22-29(34(68)75-30-14-12-28(13-15-30)27-10-8-7-9-11-27)23-32(73-20-17-70-25-39(51,42(56,57)58)77-45(64,65)36(3,4)48)33(31)74-21-18-71-26-40(52,43(59,60)61)78-46(66,67)37(5,6)49/h7-15,22-23H,16-21,24-26H2,1-6H3. The second kappa shape index (κ2) is 24.7. The molecule has 0 aliphatic carbocycles. The summed E-state index contributed by atoms with van der Waals surface area (Å²) in [4.78, 5) is 13.6. The number of ether oxygens (including phenoxy) is 10. The largest absolute Gasteiger partial charge is 0.487 e. The molecule has 0 aliphatic heterocycles. The Hall–Kier alpha value is -5.18. The Morgan fingerprint density at radius 2 is 0.705 bits per heavy atom. The lowest BCUT2D eigenvalue weighted by Gasteiger charge is -2.34. The van der Waals surface area contributed by atoms with Gasteiger partial charge >= 0.3 is 60.4 Å². The van der Waals surface area contributed by atoms with Gasteiger partial charge in [0.2, 0.25) is 5.75 Å². The number of halogens is 21. The first-order valence-corrected chi connectivity index (χ1v) is 22.0. The molecule has 0 bridgehead atoms. The average Bonchev–Trinajstić information content (AvgIpc) is 3.27. The summed E-state index contributed by atoms with van der Waals surface area (Å²) in [5.41, 5.74) is -11.2. The minimum atomic E-state index is -6.35. The normalized spacial score (nSPS) is 16.0. The van der Waals surface area contributed by atoms with Crippen molar-refractivity contribution < 1.29 is 144 Å². The number of carbonyl (C=O) groups excluding carboxylic acids is 1. The molecule has 3 atom stereocenters. The Kier molecular flexibility index (Phi) is 21.2. The van der Waals surface area contributed by atoms with Crippen LogP contribution in [0.2, 0.25) is 0 Å². The summed E-state index contributed by atoms with van der Waals surface area (Å²) in [6.07, 6.45) is -35.4. The van der Waals surface area contributed by atoms with Crippen molar-refractivity contribution in [3.63, 3.8) is 0 Å². The van der Waals surface area contributed by atoms with Crippen molar-refractivity contribution in [2.45, 2.75) is 113 Å². The third kappa shape index (κ3) is 17.7. The first kappa shape index (κ1) is 67.1. The number of hydrogen-bond donors (Lipinski definition) is 0. The highest BCUT2D eigenvalue weighted by molar-refractivity contribution is 5.92. The van der Waals surface area contributed by atoms with Crippen molar-refractivity contribution >= 4 is 5.97 Å². The fourth-order valence-electron chi connectivity index (χ4n) is 5.28. The van der Waals surface area contributed by atoms with Crippen LogP contribution in [0, 0.1) is 0 Å². The van der Waals surface area contributed by atoms with Crippen molar-refractivity contribution in [3.8, 4) is 34.1 Å². The number of hydrogen-bond acceptors (Lipinski definition) is 11.